The molecule has 0 aromatic heterocycles. The van der Waals surface area contributed by atoms with Crippen molar-refractivity contribution >= 4 is 0 Å². The van der Waals surface area contributed by atoms with Crippen molar-refractivity contribution in [3.63, 3.8) is 0 Å². The minimum absolute atomic E-state index is 0.00311. The first-order valence-corrected chi connectivity index (χ1v) is 13.4. The Morgan fingerprint density at radius 1 is 0.867 bits per heavy atom. The fourth-order valence-electron chi connectivity index (χ4n) is 9.66. The normalized spacial score (nSPS) is 51.9. The lowest BCUT2D eigenvalue weighted by Crippen LogP contribution is -2.66. The highest BCUT2D eigenvalue weighted by Crippen LogP contribution is 2.69. The molecule has 0 unspecified atom stereocenters. The maximum Gasteiger partial charge on any atom is 0.0753 e. The van der Waals surface area contributed by atoms with E-state index in [1.807, 2.05) is 0 Å². The van der Waals surface area contributed by atoms with Crippen LogP contribution < -0.4 is 0 Å². The van der Waals surface area contributed by atoms with E-state index in [9.17, 15) is 10.2 Å². The van der Waals surface area contributed by atoms with E-state index in [1.165, 1.54) is 51.4 Å². The summed E-state index contributed by atoms with van der Waals surface area (Å²) in [4.78, 5) is 0. The van der Waals surface area contributed by atoms with Gasteiger partial charge < -0.3 is 10.2 Å². The molecule has 0 spiro atoms. The number of aliphatic hydroxyl groups excluding tert-OH is 1. The van der Waals surface area contributed by atoms with Crippen LogP contribution in [0.4, 0.5) is 0 Å². The Bertz CT molecular complexity index is 616. The molecule has 4 rings (SSSR count). The lowest BCUT2D eigenvalue weighted by molar-refractivity contribution is -0.246. The number of hydrogen-bond acceptors (Lipinski definition) is 2. The Hall–Kier alpha value is -0.0800. The van der Waals surface area contributed by atoms with Gasteiger partial charge in [-0.3, -0.25) is 0 Å². The molecule has 10 atom stereocenters. The van der Waals surface area contributed by atoms with Crippen LogP contribution >= 0.6 is 0 Å². The molecular formula is C28H50O2. The molecule has 0 aromatic carbocycles. The van der Waals surface area contributed by atoms with Crippen LogP contribution in [0.1, 0.15) is 112 Å². The first-order valence-electron chi connectivity index (χ1n) is 13.4. The van der Waals surface area contributed by atoms with E-state index in [0.717, 1.165) is 48.9 Å². The zero-order valence-corrected chi connectivity index (χ0v) is 20.8. The van der Waals surface area contributed by atoms with E-state index in [2.05, 4.69) is 41.5 Å². The summed E-state index contributed by atoms with van der Waals surface area (Å²) in [6, 6.07) is 0. The van der Waals surface area contributed by atoms with Crippen molar-refractivity contribution in [1.82, 2.24) is 0 Å². The molecule has 174 valence electrons. The van der Waals surface area contributed by atoms with Crippen LogP contribution in [0.2, 0.25) is 0 Å². The highest BCUT2D eigenvalue weighted by molar-refractivity contribution is 5.16. The minimum atomic E-state index is -0.665. The lowest BCUT2D eigenvalue weighted by Gasteiger charge is -2.65. The molecule has 30 heavy (non-hydrogen) atoms. The van der Waals surface area contributed by atoms with Gasteiger partial charge in [0.1, 0.15) is 0 Å². The fourth-order valence-corrected chi connectivity index (χ4v) is 9.66. The van der Waals surface area contributed by atoms with Gasteiger partial charge >= 0.3 is 0 Å². The summed E-state index contributed by atoms with van der Waals surface area (Å²) in [5.41, 5.74) is -0.150. The Balaban J connectivity index is 1.51. The van der Waals surface area contributed by atoms with E-state index in [1.54, 1.807) is 0 Å². The second kappa shape index (κ2) is 8.05. The van der Waals surface area contributed by atoms with Gasteiger partial charge in [-0.2, -0.15) is 0 Å². The highest BCUT2D eigenvalue weighted by atomic mass is 16.3. The van der Waals surface area contributed by atoms with Crippen LogP contribution in [-0.2, 0) is 0 Å². The van der Waals surface area contributed by atoms with E-state index in [-0.39, 0.29) is 17.4 Å². The summed E-state index contributed by atoms with van der Waals surface area (Å²) >= 11 is 0. The number of aliphatic hydroxyl groups is 2. The summed E-state index contributed by atoms with van der Waals surface area (Å²) in [7, 11) is 0. The van der Waals surface area contributed by atoms with E-state index in [4.69, 9.17) is 0 Å². The summed E-state index contributed by atoms with van der Waals surface area (Å²) in [5, 5.41) is 22.4. The Labute approximate surface area is 186 Å². The molecule has 4 saturated carbocycles. The van der Waals surface area contributed by atoms with Crippen molar-refractivity contribution in [2.24, 2.45) is 52.3 Å². The van der Waals surface area contributed by atoms with Gasteiger partial charge in [-0.15, -0.1) is 0 Å². The van der Waals surface area contributed by atoms with Crippen molar-refractivity contribution < 1.29 is 10.2 Å². The molecule has 2 nitrogen and oxygen atoms in total. The molecule has 4 aliphatic rings. The summed E-state index contributed by atoms with van der Waals surface area (Å²) in [5.74, 6) is 4.91. The first kappa shape index (κ1) is 23.1. The minimum Gasteiger partial charge on any atom is -0.393 e. The number of fused-ring (bicyclic) bond motifs is 5. The highest BCUT2D eigenvalue weighted by Gasteiger charge is 2.66. The molecule has 0 heterocycles. The third kappa shape index (κ3) is 3.33. The van der Waals surface area contributed by atoms with Crippen molar-refractivity contribution in [3.05, 3.63) is 0 Å². The van der Waals surface area contributed by atoms with Crippen LogP contribution in [0.25, 0.3) is 0 Å². The van der Waals surface area contributed by atoms with Crippen molar-refractivity contribution in [3.8, 4) is 0 Å². The van der Waals surface area contributed by atoms with Crippen LogP contribution in [-0.4, -0.2) is 21.9 Å². The third-order valence-electron chi connectivity index (χ3n) is 11.6. The molecule has 4 aliphatic carbocycles. The number of hydrogen-bond donors (Lipinski definition) is 2. The summed E-state index contributed by atoms with van der Waals surface area (Å²) in [6.07, 6.45) is 13.3. The molecule has 2 heteroatoms. The Kier molecular flexibility index (Phi) is 6.20. The predicted molar refractivity (Wildman–Crippen MR) is 125 cm³/mol. The van der Waals surface area contributed by atoms with Gasteiger partial charge in [-0.05, 0) is 97.7 Å². The first-order chi connectivity index (χ1) is 14.0. The van der Waals surface area contributed by atoms with Gasteiger partial charge in [0.05, 0.1) is 11.7 Å². The molecule has 0 radical (unpaired) electrons. The molecular weight excluding hydrogens is 368 g/mol. The monoisotopic (exact) mass is 418 g/mol. The maximum atomic E-state index is 11.9. The quantitative estimate of drug-likeness (QED) is 0.513. The fraction of sp³-hybridized carbons (Fsp3) is 1.00. The van der Waals surface area contributed by atoms with Gasteiger partial charge in [0.15, 0.2) is 0 Å². The molecule has 0 aromatic rings. The molecule has 0 bridgehead atoms. The molecule has 0 saturated heterocycles. The third-order valence-corrected chi connectivity index (χ3v) is 11.6. The van der Waals surface area contributed by atoms with Gasteiger partial charge in [0, 0.05) is 5.92 Å². The molecule has 4 fully saturated rings. The smallest absolute Gasteiger partial charge is 0.0753 e. The second-order valence-electron chi connectivity index (χ2n) is 13.2. The Morgan fingerprint density at radius 2 is 1.60 bits per heavy atom. The summed E-state index contributed by atoms with van der Waals surface area (Å²) < 4.78 is 0. The SMILES string of the molecule is CC(C)CCC[C@H](C)[C@H]1CC[C@@H]2[C@@H]3CC[C@@]4(O)[C@@H](C)[C@@H](O)CC[C@]4(C)[C@@H]3CC[C@@]21C. The zero-order valence-electron chi connectivity index (χ0n) is 20.8. The van der Waals surface area contributed by atoms with Gasteiger partial charge in [0.2, 0.25) is 0 Å². The van der Waals surface area contributed by atoms with E-state index in [0.29, 0.717) is 11.3 Å². The molecule has 0 aliphatic heterocycles. The van der Waals surface area contributed by atoms with E-state index >= 15 is 0 Å². The molecule has 2 N–H and O–H groups in total. The van der Waals surface area contributed by atoms with Gasteiger partial charge in [0.25, 0.3) is 0 Å². The van der Waals surface area contributed by atoms with Crippen LogP contribution in [0.15, 0.2) is 0 Å². The Morgan fingerprint density at radius 3 is 2.30 bits per heavy atom. The maximum absolute atomic E-state index is 11.9. The predicted octanol–water partition coefficient (Wildman–Crippen LogP) is 6.83. The average Bonchev–Trinajstić information content (AvgIpc) is 3.04. The van der Waals surface area contributed by atoms with Crippen LogP contribution in [0.5, 0.6) is 0 Å². The van der Waals surface area contributed by atoms with Gasteiger partial charge in [-0.25, -0.2) is 0 Å². The van der Waals surface area contributed by atoms with Gasteiger partial charge in [-0.1, -0.05) is 60.8 Å². The van der Waals surface area contributed by atoms with Crippen LogP contribution in [0.3, 0.4) is 0 Å². The summed E-state index contributed by atoms with van der Waals surface area (Å²) in [6.45, 7) is 14.4. The zero-order chi connectivity index (χ0) is 21.9. The van der Waals surface area contributed by atoms with Crippen molar-refractivity contribution in [2.75, 3.05) is 0 Å². The van der Waals surface area contributed by atoms with Crippen molar-refractivity contribution in [2.45, 2.75) is 124 Å². The van der Waals surface area contributed by atoms with E-state index < -0.39 is 5.60 Å². The lowest BCUT2D eigenvalue weighted by atomic mass is 9.41. The second-order valence-corrected chi connectivity index (χ2v) is 13.2. The van der Waals surface area contributed by atoms with Crippen molar-refractivity contribution in [1.29, 1.82) is 0 Å². The molecule has 0 amide bonds. The average molecular weight is 419 g/mol. The largest absolute Gasteiger partial charge is 0.393 e. The van der Waals surface area contributed by atoms with Crippen LogP contribution in [0, 0.1) is 52.3 Å². The topological polar surface area (TPSA) is 40.5 Å². The standard InChI is InChI=1S/C28H50O2/c1-18(2)8-7-9-19(3)22-10-11-23-21-12-17-28(30)20(4)25(29)14-16-27(28,6)24(21)13-15-26(22,23)5/h18-25,29-30H,7-17H2,1-6H3/t19-,20-,21-,22+,23+,24+,25-,26+,27+,28+/m0/s1. The number of rotatable bonds is 5.